The van der Waals surface area contributed by atoms with Crippen LogP contribution in [0.1, 0.15) is 49.0 Å². The van der Waals surface area contributed by atoms with Crippen LogP contribution >= 0.6 is 0 Å². The zero-order valence-electron chi connectivity index (χ0n) is 19.7. The highest BCUT2D eigenvalue weighted by atomic mass is 19.4. The van der Waals surface area contributed by atoms with Crippen LogP contribution in [0, 0.1) is 11.6 Å². The number of amides is 2. The number of nitrogens with one attached hydrogen (secondary N) is 3. The molecule has 0 fully saturated rings. The van der Waals surface area contributed by atoms with E-state index in [1.807, 2.05) is 0 Å². The molecule has 0 radical (unpaired) electrons. The molecule has 0 saturated carbocycles. The number of aromatic nitrogens is 1. The van der Waals surface area contributed by atoms with Gasteiger partial charge in [-0.05, 0) is 43.2 Å². The average Bonchev–Trinajstić information content (AvgIpc) is 2.76. The van der Waals surface area contributed by atoms with E-state index >= 15 is 0 Å². The van der Waals surface area contributed by atoms with Gasteiger partial charge in [0.25, 0.3) is 0 Å². The third kappa shape index (κ3) is 10.1. The second-order valence-corrected chi connectivity index (χ2v) is 8.31. The van der Waals surface area contributed by atoms with Crippen LogP contribution < -0.4 is 16.0 Å². The van der Waals surface area contributed by atoms with Gasteiger partial charge < -0.3 is 16.0 Å². The summed E-state index contributed by atoms with van der Waals surface area (Å²) in [5.74, 6) is -3.14. The van der Waals surface area contributed by atoms with E-state index in [0.29, 0.717) is 12.5 Å². The van der Waals surface area contributed by atoms with Gasteiger partial charge in [0, 0.05) is 30.3 Å². The molecule has 2 unspecified atom stereocenters. The number of anilines is 1. The Morgan fingerprint density at radius 3 is 2.28 bits per heavy atom. The van der Waals surface area contributed by atoms with E-state index in [4.69, 9.17) is 0 Å². The summed E-state index contributed by atoms with van der Waals surface area (Å²) in [6, 6.07) is 3.83. The van der Waals surface area contributed by atoms with Crippen LogP contribution in [0.4, 0.5) is 27.8 Å². The number of nitrogens with zero attached hydrogens (tertiary/aromatic N) is 1. The minimum absolute atomic E-state index is 0.0994. The topological polar surface area (TPSA) is 100 Å². The lowest BCUT2D eigenvalue weighted by molar-refractivity contribution is -0.126. The highest BCUT2D eigenvalue weighted by Gasteiger charge is 2.27. The van der Waals surface area contributed by atoms with Crippen molar-refractivity contribution in [1.29, 1.82) is 0 Å². The summed E-state index contributed by atoms with van der Waals surface area (Å²) < 4.78 is 63.5. The maximum absolute atomic E-state index is 13.3. The number of carbonyl (C=O) groups excluding carboxylic acids is 3. The standard InChI is InChI=1S/C24H27F5N4O3/c1-3-4-19(32-22(35)10-15-8-17(25)11-18(26)9-15)23(36)33-21-6-5-16(12-30-21)20(34)7-14(2)31-13-24(27,28)29/h5-6,8-9,11-12,14,19,31H,3-4,7,10,13H2,1-2H3,(H,32,35)(H,30,33,36). The van der Waals surface area contributed by atoms with Crippen LogP contribution in [0.2, 0.25) is 0 Å². The molecule has 2 amide bonds. The molecular weight excluding hydrogens is 487 g/mol. The lowest BCUT2D eigenvalue weighted by Gasteiger charge is -2.18. The van der Waals surface area contributed by atoms with Crippen molar-refractivity contribution in [2.75, 3.05) is 11.9 Å². The van der Waals surface area contributed by atoms with Gasteiger partial charge in [0.05, 0.1) is 13.0 Å². The summed E-state index contributed by atoms with van der Waals surface area (Å²) in [7, 11) is 0. The number of hydrogen-bond acceptors (Lipinski definition) is 5. The van der Waals surface area contributed by atoms with Gasteiger partial charge in [-0.1, -0.05) is 13.3 Å². The van der Waals surface area contributed by atoms with Crippen molar-refractivity contribution in [2.24, 2.45) is 0 Å². The Morgan fingerprint density at radius 1 is 1.06 bits per heavy atom. The van der Waals surface area contributed by atoms with Gasteiger partial charge in [-0.25, -0.2) is 13.8 Å². The molecule has 1 aromatic heterocycles. The third-order valence-corrected chi connectivity index (χ3v) is 5.00. The van der Waals surface area contributed by atoms with Crippen molar-refractivity contribution in [3.63, 3.8) is 0 Å². The van der Waals surface area contributed by atoms with Crippen LogP contribution in [0.3, 0.4) is 0 Å². The van der Waals surface area contributed by atoms with Crippen molar-refractivity contribution >= 4 is 23.4 Å². The lowest BCUT2D eigenvalue weighted by Crippen LogP contribution is -2.44. The molecule has 7 nitrogen and oxygen atoms in total. The van der Waals surface area contributed by atoms with Gasteiger partial charge in [0.2, 0.25) is 11.8 Å². The molecule has 12 heteroatoms. The quantitative estimate of drug-likeness (QED) is 0.294. The summed E-state index contributed by atoms with van der Waals surface area (Å²) in [6.07, 6.45) is -2.86. The van der Waals surface area contributed by atoms with E-state index < -0.39 is 54.0 Å². The number of alkyl halides is 3. The maximum atomic E-state index is 13.3. The van der Waals surface area contributed by atoms with E-state index in [1.54, 1.807) is 6.92 Å². The molecule has 2 aromatic rings. The van der Waals surface area contributed by atoms with Crippen LogP contribution in [0.25, 0.3) is 0 Å². The van der Waals surface area contributed by atoms with E-state index in [9.17, 15) is 36.3 Å². The first-order chi connectivity index (χ1) is 16.9. The maximum Gasteiger partial charge on any atom is 0.401 e. The number of Topliss-reactive ketones (excluding diaryl/α,β-unsaturated/α-hetero) is 1. The molecule has 1 heterocycles. The lowest BCUT2D eigenvalue weighted by atomic mass is 10.1. The zero-order chi connectivity index (χ0) is 26.9. The van der Waals surface area contributed by atoms with Gasteiger partial charge in [-0.3, -0.25) is 14.4 Å². The molecular formula is C24H27F5N4O3. The summed E-state index contributed by atoms with van der Waals surface area (Å²) >= 11 is 0. The van der Waals surface area contributed by atoms with Gasteiger partial charge in [0.1, 0.15) is 23.5 Å². The monoisotopic (exact) mass is 514 g/mol. The van der Waals surface area contributed by atoms with Crippen LogP contribution in [-0.4, -0.2) is 47.4 Å². The Labute approximate surface area is 204 Å². The number of halogens is 5. The second kappa shape index (κ2) is 13.1. The molecule has 2 atom stereocenters. The predicted octanol–water partition coefficient (Wildman–Crippen LogP) is 3.94. The Bertz CT molecular complexity index is 1040. The molecule has 36 heavy (non-hydrogen) atoms. The molecule has 0 aliphatic rings. The molecule has 2 rings (SSSR count). The molecule has 196 valence electrons. The van der Waals surface area contributed by atoms with Crippen molar-refractivity contribution in [2.45, 2.75) is 57.8 Å². The SMILES string of the molecule is CCCC(NC(=O)Cc1cc(F)cc(F)c1)C(=O)Nc1ccc(C(=O)CC(C)NCC(F)(F)F)cn1. The average molecular weight is 514 g/mol. The smallest absolute Gasteiger partial charge is 0.344 e. The van der Waals surface area contributed by atoms with Crippen molar-refractivity contribution in [3.05, 3.63) is 59.3 Å². The van der Waals surface area contributed by atoms with Crippen LogP contribution in [0.15, 0.2) is 36.5 Å². The first kappa shape index (κ1) is 28.8. The van der Waals surface area contributed by atoms with Crippen molar-refractivity contribution in [1.82, 2.24) is 15.6 Å². The largest absolute Gasteiger partial charge is 0.401 e. The Kier molecular flexibility index (Phi) is 10.5. The predicted molar refractivity (Wildman–Crippen MR) is 122 cm³/mol. The van der Waals surface area contributed by atoms with E-state index in [1.165, 1.54) is 25.3 Å². The molecule has 0 spiro atoms. The van der Waals surface area contributed by atoms with Crippen LogP contribution in [-0.2, 0) is 16.0 Å². The van der Waals surface area contributed by atoms with Gasteiger partial charge in [0.15, 0.2) is 5.78 Å². The summed E-state index contributed by atoms with van der Waals surface area (Å²) in [5.41, 5.74) is 0.278. The number of ketones is 1. The fourth-order valence-corrected chi connectivity index (χ4v) is 3.31. The number of carbonyl (C=O) groups is 3. The highest BCUT2D eigenvalue weighted by Crippen LogP contribution is 2.14. The molecule has 0 aliphatic heterocycles. The summed E-state index contributed by atoms with van der Waals surface area (Å²) in [4.78, 5) is 41.3. The zero-order valence-corrected chi connectivity index (χ0v) is 19.7. The van der Waals surface area contributed by atoms with Crippen LogP contribution in [0.5, 0.6) is 0 Å². The van der Waals surface area contributed by atoms with Gasteiger partial charge >= 0.3 is 6.18 Å². The molecule has 3 N–H and O–H groups in total. The molecule has 0 saturated heterocycles. The fraction of sp³-hybridized carbons (Fsp3) is 0.417. The minimum atomic E-state index is -4.38. The highest BCUT2D eigenvalue weighted by molar-refractivity contribution is 5.98. The Morgan fingerprint density at radius 2 is 1.72 bits per heavy atom. The molecule has 0 aliphatic carbocycles. The summed E-state index contributed by atoms with van der Waals surface area (Å²) in [6.45, 7) is 2.05. The first-order valence-electron chi connectivity index (χ1n) is 11.2. The Balaban J connectivity index is 1.94. The van der Waals surface area contributed by atoms with E-state index in [2.05, 4.69) is 20.9 Å². The van der Waals surface area contributed by atoms with E-state index in [-0.39, 0.29) is 36.2 Å². The summed E-state index contributed by atoms with van der Waals surface area (Å²) in [5, 5.41) is 7.29. The number of rotatable bonds is 12. The number of pyridine rings is 1. The van der Waals surface area contributed by atoms with Crippen molar-refractivity contribution < 1.29 is 36.3 Å². The van der Waals surface area contributed by atoms with E-state index in [0.717, 1.165) is 12.1 Å². The molecule has 1 aromatic carbocycles. The van der Waals surface area contributed by atoms with Crippen molar-refractivity contribution in [3.8, 4) is 0 Å². The number of benzene rings is 1. The third-order valence-electron chi connectivity index (χ3n) is 5.00. The van der Waals surface area contributed by atoms with Gasteiger partial charge in [-0.15, -0.1) is 0 Å². The fourth-order valence-electron chi connectivity index (χ4n) is 3.31. The normalized spacial score (nSPS) is 13.1. The molecule has 0 bridgehead atoms. The van der Waals surface area contributed by atoms with Gasteiger partial charge in [-0.2, -0.15) is 13.2 Å². The first-order valence-corrected chi connectivity index (χ1v) is 11.2. The minimum Gasteiger partial charge on any atom is -0.344 e. The number of hydrogen-bond donors (Lipinski definition) is 3. The Hall–Kier alpha value is -3.41. The second-order valence-electron chi connectivity index (χ2n) is 8.31.